The maximum absolute atomic E-state index is 11.8. The van der Waals surface area contributed by atoms with Gasteiger partial charge in [0.05, 0.1) is 11.5 Å². The van der Waals surface area contributed by atoms with Crippen molar-refractivity contribution in [2.24, 2.45) is 0 Å². The van der Waals surface area contributed by atoms with Gasteiger partial charge in [0.2, 0.25) is 0 Å². The van der Waals surface area contributed by atoms with E-state index in [4.69, 9.17) is 4.74 Å². The molecule has 4 heteroatoms. The molecule has 0 radical (unpaired) electrons. The van der Waals surface area contributed by atoms with Crippen LogP contribution in [0.5, 0.6) is 5.75 Å². The Hall–Kier alpha value is -1.81. The van der Waals surface area contributed by atoms with E-state index in [0.717, 1.165) is 17.9 Å². The number of carbonyl (C=O) groups excluding carboxylic acids is 1. The van der Waals surface area contributed by atoms with Gasteiger partial charge < -0.3 is 10.1 Å². The molecule has 18 heavy (non-hydrogen) atoms. The highest BCUT2D eigenvalue weighted by molar-refractivity contribution is 7.12. The van der Waals surface area contributed by atoms with Crippen LogP contribution in [0.3, 0.4) is 0 Å². The summed E-state index contributed by atoms with van der Waals surface area (Å²) < 4.78 is 5.48. The number of benzene rings is 1. The van der Waals surface area contributed by atoms with Gasteiger partial charge in [-0.15, -0.1) is 11.3 Å². The van der Waals surface area contributed by atoms with Gasteiger partial charge in [0.1, 0.15) is 5.75 Å². The Labute approximate surface area is 110 Å². The minimum atomic E-state index is -0.0766. The van der Waals surface area contributed by atoms with E-state index in [1.807, 2.05) is 35.7 Å². The number of hydrogen-bond acceptors (Lipinski definition) is 3. The molecule has 0 saturated heterocycles. The predicted molar refractivity (Wildman–Crippen MR) is 74.5 cm³/mol. The number of hydrogen-bond donors (Lipinski definition) is 1. The summed E-state index contributed by atoms with van der Waals surface area (Å²) in [4.78, 5) is 12.5. The first-order valence-corrected chi connectivity index (χ1v) is 6.75. The van der Waals surface area contributed by atoms with Crippen molar-refractivity contribution in [1.82, 2.24) is 0 Å². The van der Waals surface area contributed by atoms with Crippen LogP contribution in [0, 0.1) is 0 Å². The summed E-state index contributed by atoms with van der Waals surface area (Å²) in [5, 5.41) is 4.73. The monoisotopic (exact) mass is 261 g/mol. The second kappa shape index (κ2) is 6.21. The highest BCUT2D eigenvalue weighted by Crippen LogP contribution is 2.17. The summed E-state index contributed by atoms with van der Waals surface area (Å²) in [5.41, 5.74) is 0.775. The summed E-state index contributed by atoms with van der Waals surface area (Å²) >= 11 is 1.43. The molecule has 2 rings (SSSR count). The third-order valence-corrected chi connectivity index (χ3v) is 3.20. The van der Waals surface area contributed by atoms with Gasteiger partial charge in [-0.05, 0) is 42.1 Å². The molecule has 0 fully saturated rings. The number of amides is 1. The van der Waals surface area contributed by atoms with Crippen molar-refractivity contribution >= 4 is 22.9 Å². The first-order valence-electron chi connectivity index (χ1n) is 5.87. The van der Waals surface area contributed by atoms with Crippen molar-refractivity contribution in [2.75, 3.05) is 11.9 Å². The minimum absolute atomic E-state index is 0.0766. The predicted octanol–water partition coefficient (Wildman–Crippen LogP) is 3.79. The Kier molecular flexibility index (Phi) is 4.36. The molecule has 0 spiro atoms. The lowest BCUT2D eigenvalue weighted by atomic mass is 10.3. The number of nitrogens with one attached hydrogen (secondary N) is 1. The number of carbonyl (C=O) groups is 1. The summed E-state index contributed by atoms with van der Waals surface area (Å²) in [6.45, 7) is 2.77. The van der Waals surface area contributed by atoms with Crippen molar-refractivity contribution in [1.29, 1.82) is 0 Å². The van der Waals surface area contributed by atoms with Crippen LogP contribution in [-0.2, 0) is 0 Å². The van der Waals surface area contributed by atoms with Crippen molar-refractivity contribution in [3.63, 3.8) is 0 Å². The van der Waals surface area contributed by atoms with Crippen molar-refractivity contribution in [3.8, 4) is 5.75 Å². The Morgan fingerprint density at radius 3 is 2.67 bits per heavy atom. The van der Waals surface area contributed by atoms with Gasteiger partial charge in [-0.3, -0.25) is 4.79 Å². The standard InChI is InChI=1S/C14H15NO2S/c1-2-9-17-12-7-5-11(6-8-12)15-14(16)13-4-3-10-18-13/h3-8,10H,2,9H2,1H3,(H,15,16). The van der Waals surface area contributed by atoms with Crippen molar-refractivity contribution in [2.45, 2.75) is 13.3 Å². The number of rotatable bonds is 5. The Morgan fingerprint density at radius 1 is 1.28 bits per heavy atom. The molecule has 0 bridgehead atoms. The topological polar surface area (TPSA) is 38.3 Å². The number of thiophene rings is 1. The van der Waals surface area contributed by atoms with E-state index in [2.05, 4.69) is 12.2 Å². The smallest absolute Gasteiger partial charge is 0.265 e. The molecule has 0 unspecified atom stereocenters. The normalized spacial score (nSPS) is 10.1. The molecule has 1 heterocycles. The fourth-order valence-corrected chi connectivity index (χ4v) is 2.07. The van der Waals surface area contributed by atoms with E-state index >= 15 is 0 Å². The molecule has 1 amide bonds. The molecular formula is C14H15NO2S. The molecule has 2 aromatic rings. The average molecular weight is 261 g/mol. The van der Waals surface area contributed by atoms with Crippen molar-refractivity contribution in [3.05, 3.63) is 46.7 Å². The third kappa shape index (κ3) is 3.34. The Bertz CT molecular complexity index is 491. The SMILES string of the molecule is CCCOc1ccc(NC(=O)c2cccs2)cc1. The zero-order valence-corrected chi connectivity index (χ0v) is 11.0. The van der Waals surface area contributed by atoms with Gasteiger partial charge in [0.15, 0.2) is 0 Å². The molecule has 1 N–H and O–H groups in total. The second-order valence-electron chi connectivity index (χ2n) is 3.80. The quantitative estimate of drug-likeness (QED) is 0.889. The first kappa shape index (κ1) is 12.6. The zero-order valence-electron chi connectivity index (χ0n) is 10.2. The molecule has 0 saturated carbocycles. The highest BCUT2D eigenvalue weighted by Gasteiger charge is 2.06. The van der Waals surface area contributed by atoms with Crippen LogP contribution in [-0.4, -0.2) is 12.5 Å². The van der Waals surface area contributed by atoms with Gasteiger partial charge in [-0.2, -0.15) is 0 Å². The molecule has 1 aromatic heterocycles. The molecule has 94 valence electrons. The Balaban J connectivity index is 1.96. The van der Waals surface area contributed by atoms with E-state index in [1.54, 1.807) is 6.07 Å². The first-order chi connectivity index (χ1) is 8.79. The van der Waals surface area contributed by atoms with Crippen LogP contribution in [0.4, 0.5) is 5.69 Å². The van der Waals surface area contributed by atoms with Crippen LogP contribution >= 0.6 is 11.3 Å². The summed E-state index contributed by atoms with van der Waals surface area (Å²) in [6.07, 6.45) is 0.983. The van der Waals surface area contributed by atoms with Crippen LogP contribution in [0.2, 0.25) is 0 Å². The van der Waals surface area contributed by atoms with Crippen LogP contribution in [0.25, 0.3) is 0 Å². The molecule has 0 aliphatic rings. The largest absolute Gasteiger partial charge is 0.494 e. The summed E-state index contributed by atoms with van der Waals surface area (Å²) in [7, 11) is 0. The van der Waals surface area contributed by atoms with E-state index in [-0.39, 0.29) is 5.91 Å². The van der Waals surface area contributed by atoms with Gasteiger partial charge in [-0.1, -0.05) is 13.0 Å². The molecule has 0 aliphatic carbocycles. The average Bonchev–Trinajstić information content (AvgIpc) is 2.92. The van der Waals surface area contributed by atoms with Crippen LogP contribution in [0.15, 0.2) is 41.8 Å². The molecule has 1 aromatic carbocycles. The lowest BCUT2D eigenvalue weighted by Gasteiger charge is -2.06. The minimum Gasteiger partial charge on any atom is -0.494 e. The molecular weight excluding hydrogens is 246 g/mol. The maximum atomic E-state index is 11.8. The van der Waals surface area contributed by atoms with Gasteiger partial charge >= 0.3 is 0 Å². The number of ether oxygens (including phenoxy) is 1. The van der Waals surface area contributed by atoms with Crippen LogP contribution < -0.4 is 10.1 Å². The molecule has 3 nitrogen and oxygen atoms in total. The maximum Gasteiger partial charge on any atom is 0.265 e. The fraction of sp³-hybridized carbons (Fsp3) is 0.214. The highest BCUT2D eigenvalue weighted by atomic mass is 32.1. The zero-order chi connectivity index (χ0) is 12.8. The van der Waals surface area contributed by atoms with Gasteiger partial charge in [0.25, 0.3) is 5.91 Å². The van der Waals surface area contributed by atoms with Crippen molar-refractivity contribution < 1.29 is 9.53 Å². The van der Waals surface area contributed by atoms with Crippen LogP contribution in [0.1, 0.15) is 23.0 Å². The van der Waals surface area contributed by atoms with Gasteiger partial charge in [-0.25, -0.2) is 0 Å². The second-order valence-corrected chi connectivity index (χ2v) is 4.75. The third-order valence-electron chi connectivity index (χ3n) is 2.33. The lowest BCUT2D eigenvalue weighted by molar-refractivity contribution is 0.103. The lowest BCUT2D eigenvalue weighted by Crippen LogP contribution is -2.09. The van der Waals surface area contributed by atoms with E-state index in [9.17, 15) is 4.79 Å². The van der Waals surface area contributed by atoms with E-state index in [1.165, 1.54) is 11.3 Å². The van der Waals surface area contributed by atoms with Gasteiger partial charge in [0, 0.05) is 5.69 Å². The Morgan fingerprint density at radius 2 is 2.06 bits per heavy atom. The number of anilines is 1. The fourth-order valence-electron chi connectivity index (χ4n) is 1.45. The van der Waals surface area contributed by atoms with E-state index < -0.39 is 0 Å². The summed E-state index contributed by atoms with van der Waals surface area (Å²) in [5.74, 6) is 0.748. The van der Waals surface area contributed by atoms with E-state index in [0.29, 0.717) is 11.5 Å². The molecule has 0 atom stereocenters. The summed E-state index contributed by atoms with van der Waals surface area (Å²) in [6, 6.07) is 11.1. The molecule has 0 aliphatic heterocycles.